The van der Waals surface area contributed by atoms with Gasteiger partial charge in [0.05, 0.1) is 12.1 Å². The van der Waals surface area contributed by atoms with E-state index in [4.69, 9.17) is 10.1 Å². The summed E-state index contributed by atoms with van der Waals surface area (Å²) < 4.78 is 0. The van der Waals surface area contributed by atoms with E-state index in [-0.39, 0.29) is 6.42 Å². The van der Waals surface area contributed by atoms with Crippen LogP contribution in [-0.4, -0.2) is 21.2 Å². The van der Waals surface area contributed by atoms with Crippen molar-refractivity contribution in [2.24, 2.45) is 0 Å². The summed E-state index contributed by atoms with van der Waals surface area (Å²) in [5, 5.41) is 19.4. The van der Waals surface area contributed by atoms with Gasteiger partial charge in [-0.1, -0.05) is 25.3 Å². The number of hydrogen-bond acceptors (Lipinski definition) is 3. The van der Waals surface area contributed by atoms with E-state index in [0.717, 1.165) is 46.5 Å². The minimum atomic E-state index is -0.804. The van der Waals surface area contributed by atoms with E-state index in [1.807, 2.05) is 26.0 Å². The number of rotatable bonds is 5. The maximum Gasteiger partial charge on any atom is 0.307 e. The first-order chi connectivity index (χ1) is 12.9. The summed E-state index contributed by atoms with van der Waals surface area (Å²) in [7, 11) is 0. The summed E-state index contributed by atoms with van der Waals surface area (Å²) in [5.41, 5.74) is 7.18. The van der Waals surface area contributed by atoms with Crippen molar-refractivity contribution < 1.29 is 15.0 Å². The van der Waals surface area contributed by atoms with Gasteiger partial charge in [0.15, 0.2) is 0 Å². The number of carbonyl (C=O) groups is 1. The Bertz CT molecular complexity index is 851. The van der Waals surface area contributed by atoms with Gasteiger partial charge in [0.25, 0.3) is 0 Å². The largest absolute Gasteiger partial charge is 0.506 e. The Morgan fingerprint density at radius 3 is 2.48 bits per heavy atom. The molecule has 4 nitrogen and oxygen atoms in total. The number of benzene rings is 1. The molecule has 1 aromatic heterocycles. The first kappa shape index (κ1) is 19.4. The van der Waals surface area contributed by atoms with Gasteiger partial charge in [-0.3, -0.25) is 9.78 Å². The smallest absolute Gasteiger partial charge is 0.307 e. The van der Waals surface area contributed by atoms with Crippen LogP contribution in [-0.2, 0) is 17.6 Å². The Morgan fingerprint density at radius 1 is 1.11 bits per heavy atom. The van der Waals surface area contributed by atoms with Gasteiger partial charge in [0, 0.05) is 18.0 Å². The second-order valence-electron chi connectivity index (χ2n) is 7.87. The number of aryl methyl sites for hydroxylation is 1. The molecule has 3 rings (SSSR count). The van der Waals surface area contributed by atoms with Crippen LogP contribution >= 0.6 is 0 Å². The molecule has 0 aliphatic heterocycles. The van der Waals surface area contributed by atoms with Gasteiger partial charge in [-0.05, 0) is 73.6 Å². The van der Waals surface area contributed by atoms with Crippen molar-refractivity contribution in [1.82, 2.24) is 4.98 Å². The van der Waals surface area contributed by atoms with Gasteiger partial charge in [-0.2, -0.15) is 0 Å². The number of carboxylic acids is 1. The van der Waals surface area contributed by atoms with Crippen LogP contribution in [0.15, 0.2) is 18.2 Å². The highest BCUT2D eigenvalue weighted by Gasteiger charge is 2.21. The molecule has 1 heterocycles. The molecule has 0 spiro atoms. The monoisotopic (exact) mass is 367 g/mol. The lowest BCUT2D eigenvalue weighted by molar-refractivity contribution is -0.136. The number of carboxylic acid groups (broad SMARTS) is 1. The third-order valence-corrected chi connectivity index (χ3v) is 6.02. The first-order valence-electron chi connectivity index (χ1n) is 9.86. The topological polar surface area (TPSA) is 70.4 Å². The van der Waals surface area contributed by atoms with Crippen LogP contribution in [0.25, 0.3) is 0 Å². The Morgan fingerprint density at radius 2 is 1.81 bits per heavy atom. The highest BCUT2D eigenvalue weighted by atomic mass is 16.4. The molecule has 144 valence electrons. The van der Waals surface area contributed by atoms with Crippen LogP contribution in [0.4, 0.5) is 0 Å². The fourth-order valence-corrected chi connectivity index (χ4v) is 4.30. The van der Waals surface area contributed by atoms with Gasteiger partial charge >= 0.3 is 5.97 Å². The third kappa shape index (κ3) is 4.32. The Balaban J connectivity index is 1.91. The van der Waals surface area contributed by atoms with Crippen LogP contribution < -0.4 is 0 Å². The fourth-order valence-electron chi connectivity index (χ4n) is 4.30. The van der Waals surface area contributed by atoms with E-state index in [9.17, 15) is 9.90 Å². The maximum absolute atomic E-state index is 11.1. The third-order valence-electron chi connectivity index (χ3n) is 6.02. The number of aromatic hydroxyl groups is 1. The van der Waals surface area contributed by atoms with Crippen LogP contribution in [0.2, 0.25) is 0 Å². The van der Waals surface area contributed by atoms with Crippen molar-refractivity contribution in [3.63, 3.8) is 0 Å². The van der Waals surface area contributed by atoms with E-state index in [2.05, 4.69) is 6.92 Å². The van der Waals surface area contributed by atoms with Crippen LogP contribution in [0.3, 0.4) is 0 Å². The molecule has 2 aromatic rings. The molecule has 2 N–H and O–H groups in total. The lowest BCUT2D eigenvalue weighted by Gasteiger charge is -2.22. The van der Waals surface area contributed by atoms with Crippen molar-refractivity contribution in [3.05, 3.63) is 57.4 Å². The lowest BCUT2D eigenvalue weighted by atomic mass is 9.86. The van der Waals surface area contributed by atoms with E-state index in [0.29, 0.717) is 18.1 Å². The Kier molecular flexibility index (Phi) is 5.83. The van der Waals surface area contributed by atoms with E-state index in [1.165, 1.54) is 24.8 Å². The van der Waals surface area contributed by atoms with Gasteiger partial charge in [-0.15, -0.1) is 0 Å². The van der Waals surface area contributed by atoms with E-state index < -0.39 is 5.97 Å². The summed E-state index contributed by atoms with van der Waals surface area (Å²) in [6.45, 7) is 6.09. The molecule has 1 aliphatic carbocycles. The summed E-state index contributed by atoms with van der Waals surface area (Å²) in [5.74, 6) is -0.130. The molecule has 1 aliphatic rings. The molecule has 4 heteroatoms. The number of nitrogens with zero attached hydrogens (tertiary/aromatic N) is 1. The summed E-state index contributed by atoms with van der Waals surface area (Å²) >= 11 is 0. The number of hydrogen-bond donors (Lipinski definition) is 2. The SMILES string of the molecule is Cc1cc(CC(=O)O)c(C)c(C)c1Cc1ccc(O)c(C2CCCCC2)n1. The summed E-state index contributed by atoms with van der Waals surface area (Å²) in [4.78, 5) is 15.9. The van der Waals surface area contributed by atoms with E-state index in [1.54, 1.807) is 6.07 Å². The van der Waals surface area contributed by atoms with Crippen molar-refractivity contribution in [2.45, 2.75) is 71.6 Å². The Hall–Kier alpha value is -2.36. The maximum atomic E-state index is 11.1. The molecular weight excluding hydrogens is 338 g/mol. The Labute approximate surface area is 161 Å². The first-order valence-corrected chi connectivity index (χ1v) is 9.86. The van der Waals surface area contributed by atoms with Crippen molar-refractivity contribution in [3.8, 4) is 5.75 Å². The molecule has 1 saturated carbocycles. The van der Waals surface area contributed by atoms with Gasteiger partial charge in [0.1, 0.15) is 5.75 Å². The molecule has 27 heavy (non-hydrogen) atoms. The van der Waals surface area contributed by atoms with Crippen molar-refractivity contribution in [1.29, 1.82) is 0 Å². The van der Waals surface area contributed by atoms with Crippen LogP contribution in [0.5, 0.6) is 5.75 Å². The number of pyridine rings is 1. The quantitative estimate of drug-likeness (QED) is 0.782. The predicted molar refractivity (Wildman–Crippen MR) is 107 cm³/mol. The average Bonchev–Trinajstić information content (AvgIpc) is 2.64. The highest BCUT2D eigenvalue weighted by molar-refractivity contribution is 5.71. The molecule has 0 saturated heterocycles. The molecule has 0 radical (unpaired) electrons. The average molecular weight is 367 g/mol. The number of aliphatic carboxylic acids is 1. The number of aromatic nitrogens is 1. The highest BCUT2D eigenvalue weighted by Crippen LogP contribution is 2.36. The second-order valence-corrected chi connectivity index (χ2v) is 7.87. The zero-order valence-electron chi connectivity index (χ0n) is 16.5. The van der Waals surface area contributed by atoms with E-state index >= 15 is 0 Å². The van der Waals surface area contributed by atoms with Gasteiger partial charge in [0.2, 0.25) is 0 Å². The summed E-state index contributed by atoms with van der Waals surface area (Å²) in [6.07, 6.45) is 6.65. The van der Waals surface area contributed by atoms with Gasteiger partial charge < -0.3 is 10.2 Å². The second kappa shape index (κ2) is 8.12. The summed E-state index contributed by atoms with van der Waals surface area (Å²) in [6, 6.07) is 5.68. The molecule has 0 amide bonds. The lowest BCUT2D eigenvalue weighted by Crippen LogP contribution is -2.10. The predicted octanol–water partition coefficient (Wildman–Crippen LogP) is 4.98. The fraction of sp³-hybridized carbons (Fsp3) is 0.478. The van der Waals surface area contributed by atoms with Gasteiger partial charge in [-0.25, -0.2) is 0 Å². The molecular formula is C23H29NO3. The molecule has 0 bridgehead atoms. The van der Waals surface area contributed by atoms with Crippen LogP contribution in [0.1, 0.15) is 77.2 Å². The molecule has 0 unspecified atom stereocenters. The molecule has 0 atom stereocenters. The minimum Gasteiger partial charge on any atom is -0.506 e. The zero-order valence-corrected chi connectivity index (χ0v) is 16.5. The normalized spacial score (nSPS) is 15.1. The zero-order chi connectivity index (χ0) is 19.6. The van der Waals surface area contributed by atoms with Crippen LogP contribution in [0, 0.1) is 20.8 Å². The standard InChI is InChI=1S/C23H29NO3/c1-14-11-18(12-22(26)27)15(2)16(3)20(14)13-19-9-10-21(25)23(24-19)17-7-5-4-6-8-17/h9-11,17,25H,4-8,12-13H2,1-3H3,(H,26,27). The molecule has 1 fully saturated rings. The minimum absolute atomic E-state index is 0.0527. The molecule has 1 aromatic carbocycles. The van der Waals surface area contributed by atoms with Crippen molar-refractivity contribution >= 4 is 5.97 Å². The van der Waals surface area contributed by atoms with Crippen molar-refractivity contribution in [2.75, 3.05) is 0 Å².